The van der Waals surface area contributed by atoms with Crippen molar-refractivity contribution >= 4 is 26.9 Å². The van der Waals surface area contributed by atoms with Crippen LogP contribution in [0.15, 0.2) is 71.0 Å². The fraction of sp³-hybridized carbons (Fsp3) is 0.333. The molecule has 0 radical (unpaired) electrons. The normalized spacial score (nSPS) is 16.1. The summed E-state index contributed by atoms with van der Waals surface area (Å²) < 4.78 is 1.54. The Morgan fingerprint density at radius 2 is 1.47 bits per heavy atom. The Kier molecular flexibility index (Phi) is 6.57. The van der Waals surface area contributed by atoms with Gasteiger partial charge in [-0.1, -0.05) is 0 Å². The van der Waals surface area contributed by atoms with Crippen LogP contribution < -0.4 is 8.47 Å². The van der Waals surface area contributed by atoms with E-state index in [9.17, 15) is 4.79 Å². The first-order chi connectivity index (χ1) is 14.1. The molecule has 0 fully saturated rings. The number of amides is 1. The number of pyridine rings is 1. The van der Waals surface area contributed by atoms with Gasteiger partial charge < -0.3 is 0 Å². The summed E-state index contributed by atoms with van der Waals surface area (Å²) in [6.07, 6.45) is 1.65. The molecule has 0 aliphatic heterocycles. The number of hydrogen-bond donors (Lipinski definition) is 0. The second-order valence-corrected chi connectivity index (χ2v) is 14.7. The quantitative estimate of drug-likeness (QED) is 0.400. The average Bonchev–Trinajstić information content (AvgIpc) is 2.90. The topological polar surface area (TPSA) is 36.4 Å². The average molecular weight is 603 g/mol. The molecule has 2 aromatic rings. The zero-order valence-electron chi connectivity index (χ0n) is 18.6. The zero-order valence-corrected chi connectivity index (χ0v) is 21.7. The van der Waals surface area contributed by atoms with Gasteiger partial charge in [0.2, 0.25) is 0 Å². The SMILES string of the molecule is CC1=C(C)[C](C)([Ir]([Cl])[N](C(=O)c2ccccn2)c2ccc(N(C)C)cc2)C(C)=C1C. The number of halogens is 1. The molecule has 0 N–H and O–H groups in total. The fourth-order valence-electron chi connectivity index (χ4n) is 3.60. The van der Waals surface area contributed by atoms with Gasteiger partial charge in [0, 0.05) is 0 Å². The number of nitrogens with zero attached hydrogens (tertiary/aromatic N) is 3. The molecule has 3 rings (SSSR count). The molecular formula is C24H29ClIrN3O. The van der Waals surface area contributed by atoms with Crippen LogP contribution in [0, 0.1) is 0 Å². The van der Waals surface area contributed by atoms with Crippen LogP contribution >= 0.6 is 9.58 Å². The third-order valence-electron chi connectivity index (χ3n) is 6.10. The molecule has 30 heavy (non-hydrogen) atoms. The van der Waals surface area contributed by atoms with Crippen molar-refractivity contribution < 1.29 is 20.5 Å². The number of benzene rings is 1. The van der Waals surface area contributed by atoms with Crippen LogP contribution in [-0.2, 0) is 15.7 Å². The molecule has 0 atom stereocenters. The first kappa shape index (κ1) is 22.7. The van der Waals surface area contributed by atoms with Gasteiger partial charge in [-0.2, -0.15) is 0 Å². The second-order valence-electron chi connectivity index (χ2n) is 7.84. The molecule has 1 aromatic heterocycles. The van der Waals surface area contributed by atoms with Gasteiger partial charge in [-0.05, 0) is 0 Å². The summed E-state index contributed by atoms with van der Waals surface area (Å²) >= 11 is -2.74. The van der Waals surface area contributed by atoms with Crippen LogP contribution in [0.3, 0.4) is 0 Å². The number of hydrogen-bond acceptors (Lipinski definition) is 3. The van der Waals surface area contributed by atoms with Crippen LogP contribution in [0.2, 0.25) is 3.93 Å². The molecule has 0 bridgehead atoms. The van der Waals surface area contributed by atoms with E-state index in [0.717, 1.165) is 11.4 Å². The second kappa shape index (κ2) is 8.66. The zero-order chi connectivity index (χ0) is 22.2. The van der Waals surface area contributed by atoms with Crippen molar-refractivity contribution in [2.45, 2.75) is 38.5 Å². The number of carbonyl (C=O) groups excluding carboxylic acids is 1. The van der Waals surface area contributed by atoms with Gasteiger partial charge in [-0.15, -0.1) is 0 Å². The van der Waals surface area contributed by atoms with Gasteiger partial charge in [0.1, 0.15) is 0 Å². The van der Waals surface area contributed by atoms with E-state index >= 15 is 0 Å². The van der Waals surface area contributed by atoms with Gasteiger partial charge in [-0.3, -0.25) is 0 Å². The van der Waals surface area contributed by atoms with Crippen molar-refractivity contribution in [1.82, 2.24) is 4.98 Å². The van der Waals surface area contributed by atoms with Crippen LogP contribution in [0.25, 0.3) is 0 Å². The van der Waals surface area contributed by atoms with Gasteiger partial charge in [-0.25, -0.2) is 0 Å². The Morgan fingerprint density at radius 1 is 0.933 bits per heavy atom. The summed E-state index contributed by atoms with van der Waals surface area (Å²) in [5, 5.41) is 0. The van der Waals surface area contributed by atoms with Crippen LogP contribution in [0.5, 0.6) is 0 Å². The molecule has 0 saturated heterocycles. The summed E-state index contributed by atoms with van der Waals surface area (Å²) in [6.45, 7) is 10.8. The van der Waals surface area contributed by atoms with Crippen molar-refractivity contribution in [3.8, 4) is 0 Å². The van der Waals surface area contributed by atoms with Gasteiger partial charge in [0.15, 0.2) is 0 Å². The van der Waals surface area contributed by atoms with E-state index in [2.05, 4.69) is 39.6 Å². The van der Waals surface area contributed by atoms with E-state index in [-0.39, 0.29) is 9.84 Å². The Labute approximate surface area is 189 Å². The first-order valence-corrected chi connectivity index (χ1v) is 15.0. The van der Waals surface area contributed by atoms with Crippen molar-refractivity contribution in [2.75, 3.05) is 22.6 Å². The maximum absolute atomic E-state index is 13.7. The van der Waals surface area contributed by atoms with Gasteiger partial charge in [0.25, 0.3) is 0 Å². The van der Waals surface area contributed by atoms with Crippen molar-refractivity contribution in [3.05, 3.63) is 76.6 Å². The molecule has 1 aliphatic rings. The van der Waals surface area contributed by atoms with Crippen molar-refractivity contribution in [2.24, 2.45) is 0 Å². The van der Waals surface area contributed by atoms with E-state index in [1.54, 1.807) is 12.3 Å². The Bertz CT molecular complexity index is 989. The summed E-state index contributed by atoms with van der Waals surface area (Å²) in [5.74, 6) is -0.137. The summed E-state index contributed by atoms with van der Waals surface area (Å²) in [5.41, 5.74) is 7.43. The number of allylic oxidation sites excluding steroid dienone is 4. The third-order valence-corrected chi connectivity index (χ3v) is 14.9. The predicted molar refractivity (Wildman–Crippen MR) is 123 cm³/mol. The summed E-state index contributed by atoms with van der Waals surface area (Å²) in [6, 6.07) is 13.4. The number of carbonyl (C=O) groups is 1. The summed E-state index contributed by atoms with van der Waals surface area (Å²) in [7, 11) is 11.4. The number of rotatable bonds is 5. The molecule has 162 valence electrons. The third kappa shape index (κ3) is 3.75. The van der Waals surface area contributed by atoms with E-state index in [1.807, 2.05) is 59.0 Å². The monoisotopic (exact) mass is 603 g/mol. The van der Waals surface area contributed by atoms with E-state index in [0.29, 0.717) is 5.69 Å². The van der Waals surface area contributed by atoms with Crippen molar-refractivity contribution in [3.63, 3.8) is 0 Å². The maximum atomic E-state index is 13.7. The molecule has 1 aromatic carbocycles. The first-order valence-electron chi connectivity index (χ1n) is 9.80. The minimum absolute atomic E-state index is 0.137. The molecule has 0 spiro atoms. The number of anilines is 2. The Balaban J connectivity index is 2.13. The Hall–Kier alpha value is -1.94. The molecule has 0 unspecified atom stereocenters. The summed E-state index contributed by atoms with van der Waals surface area (Å²) in [4.78, 5) is 20.0. The molecule has 6 heteroatoms. The van der Waals surface area contributed by atoms with Crippen molar-refractivity contribution in [1.29, 1.82) is 0 Å². The molecular weight excluding hydrogens is 574 g/mol. The van der Waals surface area contributed by atoms with E-state index < -0.39 is 15.7 Å². The molecule has 1 amide bonds. The van der Waals surface area contributed by atoms with Crippen LogP contribution in [0.4, 0.5) is 11.4 Å². The number of aromatic nitrogens is 1. The molecule has 4 nitrogen and oxygen atoms in total. The van der Waals surface area contributed by atoms with Gasteiger partial charge in [0.05, 0.1) is 0 Å². The van der Waals surface area contributed by atoms with Gasteiger partial charge >= 0.3 is 190 Å². The molecule has 0 saturated carbocycles. The van der Waals surface area contributed by atoms with Crippen LogP contribution in [0.1, 0.15) is 45.1 Å². The van der Waals surface area contributed by atoms with E-state index in [4.69, 9.17) is 9.58 Å². The Morgan fingerprint density at radius 3 is 1.93 bits per heavy atom. The van der Waals surface area contributed by atoms with Crippen LogP contribution in [-0.4, -0.2) is 25.0 Å². The molecule has 1 aliphatic carbocycles. The fourth-order valence-corrected chi connectivity index (χ4v) is 11.1. The minimum atomic E-state index is -2.74. The van der Waals surface area contributed by atoms with E-state index in [1.165, 1.54) is 22.3 Å². The standard InChI is InChI=1S/C14H15N3O.C10H15.ClH.Ir/c1-17(2)12-8-6-11(7-9-12)16-14(18)13-5-3-4-10-15-13;1-6-7(2)9(4)10(5)8(6)3;;/h3-10H,1-2H3,(H,16,18);1-5H3;1H;/q;;;+2/p-2. The molecule has 1 heterocycles. The predicted octanol–water partition coefficient (Wildman–Crippen LogP) is 6.35.